The van der Waals surface area contributed by atoms with Crippen molar-refractivity contribution in [2.75, 3.05) is 19.8 Å². The highest BCUT2D eigenvalue weighted by Crippen LogP contribution is 2.39. The van der Waals surface area contributed by atoms with Crippen LogP contribution in [0.25, 0.3) is 0 Å². The summed E-state index contributed by atoms with van der Waals surface area (Å²) in [7, 11) is 0. The zero-order valence-corrected chi connectivity index (χ0v) is 8.63. The number of ether oxygens (including phenoxy) is 3. The van der Waals surface area contributed by atoms with Crippen molar-refractivity contribution in [3.8, 4) is 0 Å². The molecule has 2 aliphatic rings. The first-order valence-electron chi connectivity index (χ1n) is 5.02. The van der Waals surface area contributed by atoms with Crippen LogP contribution < -0.4 is 11.1 Å². The first-order chi connectivity index (χ1) is 7.74. The fraction of sp³-hybridized carbons (Fsp3) is 0.778. The van der Waals surface area contributed by atoms with Gasteiger partial charge in [0.2, 0.25) is 0 Å². The van der Waals surface area contributed by atoms with Crippen LogP contribution in [0.1, 0.15) is 0 Å². The molecule has 0 spiro atoms. The van der Waals surface area contributed by atoms with Crippen molar-refractivity contribution in [2.24, 2.45) is 11.7 Å². The largest absolute Gasteiger partial charge is 0.465 e. The minimum absolute atomic E-state index is 0.0281. The minimum atomic E-state index is -0.846. The summed E-state index contributed by atoms with van der Waals surface area (Å²) in [6.07, 6.45) is -0.622. The second kappa shape index (κ2) is 4.36. The van der Waals surface area contributed by atoms with E-state index in [-0.39, 0.29) is 18.6 Å². The molecular formula is C9H14N2O5. The Bertz CT molecular complexity index is 287. The lowest BCUT2D eigenvalue weighted by molar-refractivity contribution is -0.167. The number of carbonyl (C=O) groups excluding carboxylic acids is 2. The van der Waals surface area contributed by atoms with Crippen LogP contribution in [-0.2, 0) is 23.8 Å². The second-order valence-corrected chi connectivity index (χ2v) is 3.96. The van der Waals surface area contributed by atoms with E-state index in [0.717, 1.165) is 0 Å². The van der Waals surface area contributed by atoms with Gasteiger partial charge in [0.25, 0.3) is 12.9 Å². The van der Waals surface area contributed by atoms with Crippen molar-refractivity contribution < 1.29 is 23.8 Å². The van der Waals surface area contributed by atoms with Crippen molar-refractivity contribution in [1.29, 1.82) is 0 Å². The number of carbonyl (C=O) groups is 2. The molecule has 0 aromatic carbocycles. The minimum Gasteiger partial charge on any atom is -0.465 e. The fourth-order valence-electron chi connectivity index (χ4n) is 2.45. The molecule has 0 aromatic rings. The van der Waals surface area contributed by atoms with Crippen molar-refractivity contribution in [3.63, 3.8) is 0 Å². The van der Waals surface area contributed by atoms with Crippen LogP contribution in [0.3, 0.4) is 0 Å². The van der Waals surface area contributed by atoms with Gasteiger partial charge in [-0.2, -0.15) is 0 Å². The predicted octanol–water partition coefficient (Wildman–Crippen LogP) is -2.03. The van der Waals surface area contributed by atoms with Crippen LogP contribution in [0.4, 0.5) is 0 Å². The van der Waals surface area contributed by atoms with E-state index < -0.39 is 11.8 Å². The number of rotatable bonds is 5. The third-order valence-electron chi connectivity index (χ3n) is 3.22. The zero-order chi connectivity index (χ0) is 11.6. The molecule has 0 amide bonds. The molecule has 4 atom stereocenters. The topological polar surface area (TPSA) is 99.9 Å². The first-order valence-corrected chi connectivity index (χ1v) is 5.02. The van der Waals surface area contributed by atoms with Crippen LogP contribution in [0.15, 0.2) is 0 Å². The highest BCUT2D eigenvalue weighted by atomic mass is 16.6. The number of hydrogen-bond donors (Lipinski definition) is 2. The molecule has 7 nitrogen and oxygen atoms in total. The molecule has 0 aromatic heterocycles. The summed E-state index contributed by atoms with van der Waals surface area (Å²) in [4.78, 5) is 20.6. The Kier molecular flexibility index (Phi) is 3.08. The maximum absolute atomic E-state index is 10.4. The lowest BCUT2D eigenvalue weighted by Gasteiger charge is -2.31. The van der Waals surface area contributed by atoms with E-state index in [4.69, 9.17) is 19.9 Å². The monoisotopic (exact) mass is 230 g/mol. The van der Waals surface area contributed by atoms with Gasteiger partial charge in [0.05, 0.1) is 6.61 Å². The Balaban J connectivity index is 2.17. The second-order valence-electron chi connectivity index (χ2n) is 3.96. The van der Waals surface area contributed by atoms with E-state index in [1.54, 1.807) is 0 Å². The van der Waals surface area contributed by atoms with Gasteiger partial charge in [0, 0.05) is 18.5 Å². The van der Waals surface area contributed by atoms with Crippen LogP contribution in [0.2, 0.25) is 0 Å². The Hall–Kier alpha value is -1.18. The standard InChI is InChI=1S/C9H14N2O5/c10-7-2-16-9(3-14-4-12)6(7)1-11-8(9)15-5-13/h4-8,11H,1-3,10H2/t6?,7-,8+,9-/m1/s1. The summed E-state index contributed by atoms with van der Waals surface area (Å²) in [5.74, 6) is -0.0302. The lowest BCUT2D eigenvalue weighted by Crippen LogP contribution is -2.51. The van der Waals surface area contributed by atoms with Gasteiger partial charge in [-0.15, -0.1) is 0 Å². The molecule has 0 aliphatic carbocycles. The van der Waals surface area contributed by atoms with E-state index in [1.807, 2.05) is 0 Å². The maximum Gasteiger partial charge on any atom is 0.294 e. The smallest absolute Gasteiger partial charge is 0.294 e. The quantitative estimate of drug-likeness (QED) is 0.525. The molecule has 0 saturated carbocycles. The molecule has 2 heterocycles. The molecule has 0 bridgehead atoms. The Labute approximate surface area is 92.2 Å². The van der Waals surface area contributed by atoms with Gasteiger partial charge in [0.1, 0.15) is 6.61 Å². The van der Waals surface area contributed by atoms with Crippen LogP contribution in [0.5, 0.6) is 0 Å². The van der Waals surface area contributed by atoms with Gasteiger partial charge in [-0.3, -0.25) is 14.9 Å². The third kappa shape index (κ3) is 1.57. The maximum atomic E-state index is 10.4. The fourth-order valence-corrected chi connectivity index (χ4v) is 2.45. The average molecular weight is 230 g/mol. The summed E-state index contributed by atoms with van der Waals surface area (Å²) >= 11 is 0. The number of nitrogens with two attached hydrogens (primary N) is 1. The average Bonchev–Trinajstić information content (AvgIpc) is 2.78. The Morgan fingerprint density at radius 3 is 3.00 bits per heavy atom. The van der Waals surface area contributed by atoms with E-state index in [1.165, 1.54) is 0 Å². The van der Waals surface area contributed by atoms with Gasteiger partial charge in [-0.05, 0) is 0 Å². The van der Waals surface area contributed by atoms with E-state index in [2.05, 4.69) is 5.32 Å². The van der Waals surface area contributed by atoms with Crippen molar-refractivity contribution in [3.05, 3.63) is 0 Å². The van der Waals surface area contributed by atoms with Crippen LogP contribution in [0, 0.1) is 5.92 Å². The zero-order valence-electron chi connectivity index (χ0n) is 8.63. The van der Waals surface area contributed by atoms with E-state index >= 15 is 0 Å². The van der Waals surface area contributed by atoms with Crippen LogP contribution in [-0.4, -0.2) is 50.6 Å². The molecule has 2 saturated heterocycles. The van der Waals surface area contributed by atoms with Crippen LogP contribution >= 0.6 is 0 Å². The summed E-state index contributed by atoms with van der Waals surface area (Å²) in [5.41, 5.74) is 5.04. The summed E-state index contributed by atoms with van der Waals surface area (Å²) < 4.78 is 15.2. The van der Waals surface area contributed by atoms with Gasteiger partial charge in [-0.1, -0.05) is 0 Å². The predicted molar refractivity (Wildman–Crippen MR) is 51.1 cm³/mol. The van der Waals surface area contributed by atoms with Crippen molar-refractivity contribution in [1.82, 2.24) is 5.32 Å². The first kappa shape index (κ1) is 11.3. The number of fused-ring (bicyclic) bond motifs is 1. The van der Waals surface area contributed by atoms with Crippen molar-refractivity contribution in [2.45, 2.75) is 17.9 Å². The third-order valence-corrected chi connectivity index (χ3v) is 3.22. The van der Waals surface area contributed by atoms with Crippen molar-refractivity contribution >= 4 is 12.9 Å². The Morgan fingerprint density at radius 1 is 1.50 bits per heavy atom. The summed E-state index contributed by atoms with van der Waals surface area (Å²) in [5, 5.41) is 2.99. The molecule has 2 rings (SSSR count). The number of nitrogens with one attached hydrogen (secondary N) is 1. The molecule has 16 heavy (non-hydrogen) atoms. The molecule has 90 valence electrons. The molecule has 2 aliphatic heterocycles. The molecule has 7 heteroatoms. The molecule has 3 N–H and O–H groups in total. The van der Waals surface area contributed by atoms with Gasteiger partial charge < -0.3 is 19.9 Å². The molecular weight excluding hydrogens is 216 g/mol. The summed E-state index contributed by atoms with van der Waals surface area (Å²) in [6, 6.07) is -0.150. The van der Waals surface area contributed by atoms with Gasteiger partial charge >= 0.3 is 0 Å². The highest BCUT2D eigenvalue weighted by Gasteiger charge is 2.59. The van der Waals surface area contributed by atoms with E-state index in [9.17, 15) is 9.59 Å². The Morgan fingerprint density at radius 2 is 2.31 bits per heavy atom. The van der Waals surface area contributed by atoms with Gasteiger partial charge in [-0.25, -0.2) is 0 Å². The summed E-state index contributed by atoms with van der Waals surface area (Å²) in [6.45, 7) is 1.65. The molecule has 1 unspecified atom stereocenters. The molecule has 0 radical (unpaired) electrons. The normalized spacial score (nSPS) is 41.4. The highest BCUT2D eigenvalue weighted by molar-refractivity contribution is 5.39. The molecule has 2 fully saturated rings. The van der Waals surface area contributed by atoms with Gasteiger partial charge in [0.15, 0.2) is 11.8 Å². The number of hydrogen-bond acceptors (Lipinski definition) is 7. The van der Waals surface area contributed by atoms with E-state index in [0.29, 0.717) is 26.1 Å². The SMILES string of the molecule is N[C@@H]1CO[C@]2(COC=O)C1CN[C@H]2OC=O. The lowest BCUT2D eigenvalue weighted by atomic mass is 9.88.